The van der Waals surface area contributed by atoms with E-state index in [0.29, 0.717) is 0 Å². The predicted octanol–water partition coefficient (Wildman–Crippen LogP) is 1.09. The van der Waals surface area contributed by atoms with Crippen molar-refractivity contribution in [3.8, 4) is 24.3 Å². The van der Waals surface area contributed by atoms with E-state index in [4.69, 9.17) is 21.0 Å². The van der Waals surface area contributed by atoms with Gasteiger partial charge < -0.3 is 0 Å². The van der Waals surface area contributed by atoms with Crippen molar-refractivity contribution in [2.24, 2.45) is 22.7 Å². The molecule has 0 aromatic heterocycles. The molecule has 2 fully saturated rings. The van der Waals surface area contributed by atoms with E-state index in [0.717, 1.165) is 12.8 Å². The van der Waals surface area contributed by atoms with Crippen LogP contribution >= 0.6 is 0 Å². The standard InChI is InChI=1S/C10H6N4/c11-3-9(4-12)8(7-1-2-7)10(9,5-13)6-14/h7-8H,1-2H2. The fourth-order valence-electron chi connectivity index (χ4n) is 2.32. The van der Waals surface area contributed by atoms with E-state index in [2.05, 4.69) is 0 Å². The Labute approximate surface area is 81.6 Å². The third-order valence-electron chi connectivity index (χ3n) is 3.27. The van der Waals surface area contributed by atoms with E-state index in [-0.39, 0.29) is 11.8 Å². The summed E-state index contributed by atoms with van der Waals surface area (Å²) in [5, 5.41) is 35.7. The Kier molecular flexibility index (Phi) is 1.38. The third kappa shape index (κ3) is 0.618. The summed E-state index contributed by atoms with van der Waals surface area (Å²) < 4.78 is 0. The lowest BCUT2D eigenvalue weighted by Gasteiger charge is -1.92. The molecule has 0 radical (unpaired) electrons. The Morgan fingerprint density at radius 2 is 1.14 bits per heavy atom. The van der Waals surface area contributed by atoms with Crippen LogP contribution < -0.4 is 0 Å². The van der Waals surface area contributed by atoms with Crippen molar-refractivity contribution < 1.29 is 0 Å². The zero-order chi connectivity index (χ0) is 10.4. The average Bonchev–Trinajstić information content (AvgIpc) is 3.11. The summed E-state index contributed by atoms with van der Waals surface area (Å²) in [6.07, 6.45) is 1.86. The Morgan fingerprint density at radius 3 is 1.36 bits per heavy atom. The molecule has 66 valence electrons. The molecule has 0 bridgehead atoms. The Bertz CT molecular complexity index is 380. The molecule has 14 heavy (non-hydrogen) atoms. The van der Waals surface area contributed by atoms with Crippen LogP contribution in [0.15, 0.2) is 0 Å². The first-order valence-corrected chi connectivity index (χ1v) is 4.37. The second-order valence-electron chi connectivity index (χ2n) is 3.88. The SMILES string of the molecule is N#CC1(C#N)C(C2CC2)C1(C#N)C#N. The molecule has 0 aliphatic heterocycles. The lowest BCUT2D eigenvalue weighted by Crippen LogP contribution is -2.05. The van der Waals surface area contributed by atoms with Crippen molar-refractivity contribution in [2.45, 2.75) is 12.8 Å². The highest BCUT2D eigenvalue weighted by molar-refractivity contribution is 5.51. The molecule has 4 heteroatoms. The van der Waals surface area contributed by atoms with Crippen molar-refractivity contribution in [3.05, 3.63) is 0 Å². The normalized spacial score (nSPS) is 26.3. The van der Waals surface area contributed by atoms with Crippen LogP contribution in [0.4, 0.5) is 0 Å². The van der Waals surface area contributed by atoms with E-state index in [1.54, 1.807) is 0 Å². The minimum absolute atomic E-state index is 0.230. The monoisotopic (exact) mass is 182 g/mol. The summed E-state index contributed by atoms with van der Waals surface area (Å²) in [5.74, 6) is -0.117. The van der Waals surface area contributed by atoms with Gasteiger partial charge in [0.25, 0.3) is 0 Å². The topological polar surface area (TPSA) is 95.2 Å². The zero-order valence-corrected chi connectivity index (χ0v) is 7.36. The largest absolute Gasteiger partial charge is 0.196 e. The van der Waals surface area contributed by atoms with Gasteiger partial charge in [0.1, 0.15) is 0 Å². The van der Waals surface area contributed by atoms with Gasteiger partial charge in [0.05, 0.1) is 24.3 Å². The van der Waals surface area contributed by atoms with Crippen LogP contribution in [0.5, 0.6) is 0 Å². The molecule has 0 aromatic carbocycles. The summed E-state index contributed by atoms with van der Waals surface area (Å²) in [4.78, 5) is 0. The Balaban J connectivity index is 2.48. The van der Waals surface area contributed by atoms with Crippen LogP contribution in [-0.2, 0) is 0 Å². The Hall–Kier alpha value is -2.04. The van der Waals surface area contributed by atoms with Crippen LogP contribution in [0, 0.1) is 68.0 Å². The van der Waals surface area contributed by atoms with Crippen LogP contribution in [0.25, 0.3) is 0 Å². The van der Waals surface area contributed by atoms with Gasteiger partial charge in [-0.15, -0.1) is 0 Å². The quantitative estimate of drug-likeness (QED) is 0.606. The van der Waals surface area contributed by atoms with Gasteiger partial charge in [0, 0.05) is 5.92 Å². The Morgan fingerprint density at radius 1 is 0.786 bits per heavy atom. The molecule has 2 aliphatic carbocycles. The third-order valence-corrected chi connectivity index (χ3v) is 3.27. The molecule has 4 nitrogen and oxygen atoms in total. The van der Waals surface area contributed by atoms with Crippen molar-refractivity contribution >= 4 is 0 Å². The molecule has 0 amide bonds. The van der Waals surface area contributed by atoms with E-state index >= 15 is 0 Å². The molecule has 2 rings (SSSR count). The highest BCUT2D eigenvalue weighted by atomic mass is 14.8. The van der Waals surface area contributed by atoms with Gasteiger partial charge in [-0.2, -0.15) is 21.0 Å². The number of hydrogen-bond acceptors (Lipinski definition) is 4. The summed E-state index contributed by atoms with van der Waals surface area (Å²) in [7, 11) is 0. The molecule has 2 aliphatic rings. The summed E-state index contributed by atoms with van der Waals surface area (Å²) in [6.45, 7) is 0. The second-order valence-corrected chi connectivity index (χ2v) is 3.88. The summed E-state index contributed by atoms with van der Waals surface area (Å²) >= 11 is 0. The molecule has 0 heterocycles. The molecule has 0 atom stereocenters. The smallest absolute Gasteiger partial charge is 0.181 e. The van der Waals surface area contributed by atoms with Crippen molar-refractivity contribution in [1.29, 1.82) is 21.0 Å². The highest BCUT2D eigenvalue weighted by Crippen LogP contribution is 2.74. The van der Waals surface area contributed by atoms with Crippen molar-refractivity contribution in [2.75, 3.05) is 0 Å². The van der Waals surface area contributed by atoms with E-state index in [9.17, 15) is 0 Å². The number of rotatable bonds is 1. The van der Waals surface area contributed by atoms with Gasteiger partial charge in [0.15, 0.2) is 10.8 Å². The van der Waals surface area contributed by atoms with Crippen molar-refractivity contribution in [1.82, 2.24) is 0 Å². The van der Waals surface area contributed by atoms with E-state index < -0.39 is 10.8 Å². The predicted molar refractivity (Wildman–Crippen MR) is 43.5 cm³/mol. The molecule has 0 saturated heterocycles. The molecule has 0 aromatic rings. The first-order chi connectivity index (χ1) is 6.72. The maximum absolute atomic E-state index is 8.93. The van der Waals surface area contributed by atoms with Gasteiger partial charge in [-0.05, 0) is 18.8 Å². The maximum Gasteiger partial charge on any atom is 0.181 e. The number of nitrogens with zero attached hydrogens (tertiary/aromatic N) is 4. The summed E-state index contributed by atoms with van der Waals surface area (Å²) in [5.41, 5.74) is -2.73. The molecule has 0 spiro atoms. The van der Waals surface area contributed by atoms with Crippen LogP contribution in [0.2, 0.25) is 0 Å². The number of hydrogen-bond donors (Lipinski definition) is 0. The summed E-state index contributed by atoms with van der Waals surface area (Å²) in [6, 6.07) is 7.44. The average molecular weight is 182 g/mol. The van der Waals surface area contributed by atoms with Gasteiger partial charge in [-0.1, -0.05) is 0 Å². The number of nitriles is 4. The van der Waals surface area contributed by atoms with Gasteiger partial charge in [-0.25, -0.2) is 0 Å². The molecular formula is C10H6N4. The minimum Gasteiger partial charge on any atom is -0.196 e. The second kappa shape index (κ2) is 2.25. The fourth-order valence-corrected chi connectivity index (χ4v) is 2.32. The molecule has 0 N–H and O–H groups in total. The van der Waals surface area contributed by atoms with Crippen LogP contribution in [0.3, 0.4) is 0 Å². The lowest BCUT2D eigenvalue weighted by atomic mass is 9.98. The first kappa shape index (κ1) is 8.55. The van der Waals surface area contributed by atoms with Crippen molar-refractivity contribution in [3.63, 3.8) is 0 Å². The van der Waals surface area contributed by atoms with E-state index in [1.165, 1.54) is 0 Å². The molecule has 0 unspecified atom stereocenters. The fraction of sp³-hybridized carbons (Fsp3) is 0.600. The van der Waals surface area contributed by atoms with Crippen LogP contribution in [-0.4, -0.2) is 0 Å². The van der Waals surface area contributed by atoms with E-state index in [1.807, 2.05) is 24.3 Å². The minimum atomic E-state index is -1.36. The van der Waals surface area contributed by atoms with Gasteiger partial charge in [0.2, 0.25) is 0 Å². The first-order valence-electron chi connectivity index (χ1n) is 4.37. The maximum atomic E-state index is 8.93. The van der Waals surface area contributed by atoms with Gasteiger partial charge in [-0.3, -0.25) is 0 Å². The lowest BCUT2D eigenvalue weighted by molar-refractivity contribution is 0.615. The van der Waals surface area contributed by atoms with Crippen LogP contribution in [0.1, 0.15) is 12.8 Å². The molecule has 2 saturated carbocycles. The highest BCUT2D eigenvalue weighted by Gasteiger charge is 2.84. The molecular weight excluding hydrogens is 176 g/mol. The van der Waals surface area contributed by atoms with Gasteiger partial charge >= 0.3 is 0 Å². The zero-order valence-electron chi connectivity index (χ0n) is 7.36.